The molecule has 144 valence electrons. The highest BCUT2D eigenvalue weighted by atomic mass is 19.4. The predicted molar refractivity (Wildman–Crippen MR) is 93.1 cm³/mol. The van der Waals surface area contributed by atoms with E-state index in [1.807, 2.05) is 6.07 Å². The van der Waals surface area contributed by atoms with Crippen LogP contribution in [0.5, 0.6) is 5.75 Å². The molecule has 0 unspecified atom stereocenters. The van der Waals surface area contributed by atoms with E-state index in [-0.39, 0.29) is 5.92 Å². The monoisotopic (exact) mass is 379 g/mol. The average Bonchev–Trinajstić information content (AvgIpc) is 2.67. The molecule has 0 N–H and O–H groups in total. The van der Waals surface area contributed by atoms with Crippen LogP contribution in [-0.4, -0.2) is 30.7 Å². The standard InChI is InChI=1S/C20H20F3NO3/c21-20(22,23)17-8-10-18(11-9-17)26-14-15-5-4-12-24(13-15)27-19(25)16-6-2-1-3-7-16/h1-3,6-11,15H,4-5,12-14H2/t15-/m0/s1. The van der Waals surface area contributed by atoms with Crippen molar-refractivity contribution in [2.75, 3.05) is 19.7 Å². The molecular weight excluding hydrogens is 359 g/mol. The molecule has 1 aliphatic heterocycles. The zero-order valence-electron chi connectivity index (χ0n) is 14.6. The van der Waals surface area contributed by atoms with Crippen molar-refractivity contribution in [1.29, 1.82) is 0 Å². The van der Waals surface area contributed by atoms with Gasteiger partial charge in [-0.25, -0.2) is 4.79 Å². The molecule has 0 amide bonds. The Morgan fingerprint density at radius 1 is 1.07 bits per heavy atom. The van der Waals surface area contributed by atoms with Crippen molar-refractivity contribution in [3.63, 3.8) is 0 Å². The number of benzene rings is 2. The SMILES string of the molecule is O=C(ON1CCC[C@H](COc2ccc(C(F)(F)F)cc2)C1)c1ccccc1. The zero-order chi connectivity index (χ0) is 19.3. The molecule has 0 spiro atoms. The molecule has 3 rings (SSSR count). The topological polar surface area (TPSA) is 38.8 Å². The van der Waals surface area contributed by atoms with Crippen LogP contribution in [0, 0.1) is 5.92 Å². The van der Waals surface area contributed by atoms with Crippen molar-refractivity contribution in [2.24, 2.45) is 5.92 Å². The summed E-state index contributed by atoms with van der Waals surface area (Å²) in [6, 6.07) is 13.4. The summed E-state index contributed by atoms with van der Waals surface area (Å²) in [6.45, 7) is 1.53. The lowest BCUT2D eigenvalue weighted by Crippen LogP contribution is -2.39. The van der Waals surface area contributed by atoms with Crippen molar-refractivity contribution >= 4 is 5.97 Å². The van der Waals surface area contributed by atoms with Gasteiger partial charge >= 0.3 is 12.1 Å². The Labute approximate surface area is 155 Å². The van der Waals surface area contributed by atoms with E-state index in [0.29, 0.717) is 31.0 Å². The second-order valence-corrected chi connectivity index (χ2v) is 6.47. The van der Waals surface area contributed by atoms with Crippen molar-refractivity contribution in [3.8, 4) is 5.75 Å². The molecule has 1 fully saturated rings. The van der Waals surface area contributed by atoms with Crippen molar-refractivity contribution < 1.29 is 27.5 Å². The molecule has 0 aromatic heterocycles. The lowest BCUT2D eigenvalue weighted by molar-refractivity contribution is -0.137. The first-order chi connectivity index (χ1) is 12.9. The molecule has 0 bridgehead atoms. The number of alkyl halides is 3. The smallest absolute Gasteiger partial charge is 0.416 e. The van der Waals surface area contributed by atoms with Crippen LogP contribution in [0.4, 0.5) is 13.2 Å². The van der Waals surface area contributed by atoms with Gasteiger partial charge in [0, 0.05) is 19.0 Å². The van der Waals surface area contributed by atoms with Gasteiger partial charge in [0.1, 0.15) is 5.75 Å². The fourth-order valence-corrected chi connectivity index (χ4v) is 2.94. The van der Waals surface area contributed by atoms with Crippen LogP contribution in [0.25, 0.3) is 0 Å². The third-order valence-electron chi connectivity index (χ3n) is 4.37. The zero-order valence-corrected chi connectivity index (χ0v) is 14.6. The van der Waals surface area contributed by atoms with Gasteiger partial charge in [-0.3, -0.25) is 0 Å². The van der Waals surface area contributed by atoms with E-state index >= 15 is 0 Å². The average molecular weight is 379 g/mol. The summed E-state index contributed by atoms with van der Waals surface area (Å²) in [6.07, 6.45) is -2.60. The molecule has 1 atom stereocenters. The van der Waals surface area contributed by atoms with Crippen LogP contribution in [0.15, 0.2) is 54.6 Å². The van der Waals surface area contributed by atoms with E-state index in [2.05, 4.69) is 0 Å². The van der Waals surface area contributed by atoms with E-state index < -0.39 is 17.7 Å². The van der Waals surface area contributed by atoms with Gasteiger partial charge < -0.3 is 9.57 Å². The van der Waals surface area contributed by atoms with Gasteiger partial charge in [-0.15, -0.1) is 5.06 Å². The van der Waals surface area contributed by atoms with Gasteiger partial charge in [-0.05, 0) is 49.2 Å². The molecule has 0 aliphatic carbocycles. The molecular formula is C20H20F3NO3. The normalized spacial score (nSPS) is 18.1. The maximum absolute atomic E-state index is 12.6. The summed E-state index contributed by atoms with van der Waals surface area (Å²) in [5.41, 5.74) is -0.216. The number of halogens is 3. The third kappa shape index (κ3) is 5.47. The molecule has 0 radical (unpaired) electrons. The van der Waals surface area contributed by atoms with E-state index in [1.54, 1.807) is 29.3 Å². The Balaban J connectivity index is 1.49. The Morgan fingerprint density at radius 2 is 1.78 bits per heavy atom. The minimum atomic E-state index is -4.36. The van der Waals surface area contributed by atoms with Crippen LogP contribution in [0.3, 0.4) is 0 Å². The van der Waals surface area contributed by atoms with Gasteiger partial charge in [-0.1, -0.05) is 18.2 Å². The molecule has 1 saturated heterocycles. The lowest BCUT2D eigenvalue weighted by atomic mass is 10.0. The number of rotatable bonds is 5. The Morgan fingerprint density at radius 3 is 2.44 bits per heavy atom. The number of hydrogen-bond acceptors (Lipinski definition) is 4. The summed E-state index contributed by atoms with van der Waals surface area (Å²) >= 11 is 0. The minimum Gasteiger partial charge on any atom is -0.493 e. The van der Waals surface area contributed by atoms with E-state index in [1.165, 1.54) is 12.1 Å². The highest BCUT2D eigenvalue weighted by Gasteiger charge is 2.30. The number of hydrogen-bond donors (Lipinski definition) is 0. The molecule has 27 heavy (non-hydrogen) atoms. The highest BCUT2D eigenvalue weighted by molar-refractivity contribution is 5.89. The number of piperidine rings is 1. The molecule has 7 heteroatoms. The maximum Gasteiger partial charge on any atom is 0.416 e. The van der Waals surface area contributed by atoms with Gasteiger partial charge in [-0.2, -0.15) is 13.2 Å². The minimum absolute atomic E-state index is 0.129. The van der Waals surface area contributed by atoms with Gasteiger partial charge in [0.25, 0.3) is 0 Å². The van der Waals surface area contributed by atoms with Crippen LogP contribution >= 0.6 is 0 Å². The summed E-state index contributed by atoms with van der Waals surface area (Å²) in [5.74, 6) is 0.117. The molecule has 2 aromatic rings. The summed E-state index contributed by atoms with van der Waals surface area (Å²) in [4.78, 5) is 17.6. The Bertz CT molecular complexity index is 747. The largest absolute Gasteiger partial charge is 0.493 e. The molecule has 1 aliphatic rings. The fourth-order valence-electron chi connectivity index (χ4n) is 2.94. The second-order valence-electron chi connectivity index (χ2n) is 6.47. The number of carbonyl (C=O) groups is 1. The number of nitrogens with zero attached hydrogens (tertiary/aromatic N) is 1. The molecule has 0 saturated carbocycles. The van der Waals surface area contributed by atoms with Gasteiger partial charge in [0.05, 0.1) is 17.7 Å². The lowest BCUT2D eigenvalue weighted by Gasteiger charge is -2.31. The first kappa shape index (κ1) is 19.2. The maximum atomic E-state index is 12.6. The highest BCUT2D eigenvalue weighted by Crippen LogP contribution is 2.30. The van der Waals surface area contributed by atoms with Crippen molar-refractivity contribution in [1.82, 2.24) is 5.06 Å². The number of ether oxygens (including phenoxy) is 1. The quantitative estimate of drug-likeness (QED) is 0.763. The van der Waals surface area contributed by atoms with Crippen LogP contribution in [-0.2, 0) is 11.0 Å². The fraction of sp³-hybridized carbons (Fsp3) is 0.350. The van der Waals surface area contributed by atoms with Gasteiger partial charge in [0.2, 0.25) is 0 Å². The number of hydroxylamine groups is 2. The summed E-state index contributed by atoms with van der Waals surface area (Å²) in [7, 11) is 0. The second kappa shape index (κ2) is 8.43. The Kier molecular flexibility index (Phi) is 6.01. The first-order valence-electron chi connectivity index (χ1n) is 8.74. The van der Waals surface area contributed by atoms with Crippen LogP contribution in [0.2, 0.25) is 0 Å². The van der Waals surface area contributed by atoms with Crippen molar-refractivity contribution in [3.05, 3.63) is 65.7 Å². The molecule has 1 heterocycles. The van der Waals surface area contributed by atoms with Crippen LogP contribution < -0.4 is 4.74 Å². The first-order valence-corrected chi connectivity index (χ1v) is 8.74. The number of carbonyl (C=O) groups excluding carboxylic acids is 1. The summed E-state index contributed by atoms with van der Waals surface area (Å²) in [5, 5.41) is 1.62. The summed E-state index contributed by atoms with van der Waals surface area (Å²) < 4.78 is 43.4. The van der Waals surface area contributed by atoms with E-state index in [9.17, 15) is 18.0 Å². The molecule has 4 nitrogen and oxygen atoms in total. The van der Waals surface area contributed by atoms with Crippen LogP contribution in [0.1, 0.15) is 28.8 Å². The molecule has 2 aromatic carbocycles. The van der Waals surface area contributed by atoms with E-state index in [0.717, 1.165) is 25.0 Å². The Hall–Kier alpha value is -2.54. The predicted octanol–water partition coefficient (Wildman–Crippen LogP) is 4.57. The van der Waals surface area contributed by atoms with Crippen molar-refractivity contribution in [2.45, 2.75) is 19.0 Å². The van der Waals surface area contributed by atoms with E-state index in [4.69, 9.17) is 9.57 Å². The third-order valence-corrected chi connectivity index (χ3v) is 4.37. The van der Waals surface area contributed by atoms with Gasteiger partial charge in [0.15, 0.2) is 0 Å².